The van der Waals surface area contributed by atoms with Crippen molar-refractivity contribution in [2.75, 3.05) is 20.6 Å². The zero-order valence-corrected chi connectivity index (χ0v) is 14.6. The quantitative estimate of drug-likeness (QED) is 0.851. The predicted octanol–water partition coefficient (Wildman–Crippen LogP) is 1.19. The summed E-state index contributed by atoms with van der Waals surface area (Å²) in [5, 5.41) is 5.08. The molecule has 1 aromatic rings. The van der Waals surface area contributed by atoms with Crippen molar-refractivity contribution in [3.8, 4) is 0 Å². The van der Waals surface area contributed by atoms with Gasteiger partial charge in [0, 0.05) is 19.1 Å². The predicted molar refractivity (Wildman–Crippen MR) is 86.8 cm³/mol. The Morgan fingerprint density at radius 3 is 2.05 bits per heavy atom. The van der Waals surface area contributed by atoms with Gasteiger partial charge < -0.3 is 4.90 Å². The lowest BCUT2D eigenvalue weighted by molar-refractivity contribution is -0.132. The Morgan fingerprint density at radius 2 is 1.64 bits per heavy atom. The third kappa shape index (κ3) is 4.79. The van der Waals surface area contributed by atoms with Crippen molar-refractivity contribution in [1.82, 2.24) is 9.80 Å². The van der Waals surface area contributed by atoms with Gasteiger partial charge in [0.2, 0.25) is 15.9 Å². The van der Waals surface area contributed by atoms with E-state index in [1.54, 1.807) is 24.1 Å². The first-order chi connectivity index (χ1) is 10.0. The van der Waals surface area contributed by atoms with Crippen molar-refractivity contribution in [3.63, 3.8) is 0 Å². The number of carbonyl (C=O) groups excluding carboxylic acids is 1. The van der Waals surface area contributed by atoms with Gasteiger partial charge in [-0.25, -0.2) is 13.6 Å². The summed E-state index contributed by atoms with van der Waals surface area (Å²) in [4.78, 5) is 15.8. The molecular formula is C15H25N3O3S. The number of hydrogen-bond acceptors (Lipinski definition) is 4. The molecule has 1 aromatic carbocycles. The van der Waals surface area contributed by atoms with E-state index in [0.717, 1.165) is 5.56 Å². The average molecular weight is 327 g/mol. The number of carbonyl (C=O) groups is 1. The molecule has 0 aliphatic heterocycles. The van der Waals surface area contributed by atoms with Crippen molar-refractivity contribution in [1.29, 1.82) is 0 Å². The van der Waals surface area contributed by atoms with Gasteiger partial charge in [-0.05, 0) is 45.5 Å². The highest BCUT2D eigenvalue weighted by molar-refractivity contribution is 7.89. The number of hydrogen-bond donors (Lipinski definition) is 1. The first-order valence-electron chi connectivity index (χ1n) is 7.12. The minimum Gasteiger partial charge on any atom is -0.342 e. The average Bonchev–Trinajstić information content (AvgIpc) is 2.44. The Bertz CT molecular complexity index is 611. The normalized spacial score (nSPS) is 13.5. The van der Waals surface area contributed by atoms with E-state index in [1.165, 1.54) is 12.1 Å². The number of nitrogens with two attached hydrogens (primary N) is 1. The van der Waals surface area contributed by atoms with Crippen LogP contribution in [-0.4, -0.2) is 50.8 Å². The second-order valence-corrected chi connectivity index (χ2v) is 7.36. The summed E-state index contributed by atoms with van der Waals surface area (Å²) in [5.74, 6) is 0.0468. The van der Waals surface area contributed by atoms with Crippen LogP contribution >= 0.6 is 0 Å². The van der Waals surface area contributed by atoms with Gasteiger partial charge in [-0.3, -0.25) is 9.69 Å². The first kappa shape index (κ1) is 18.6. The number of primary sulfonamides is 1. The zero-order valence-electron chi connectivity index (χ0n) is 13.8. The molecule has 22 heavy (non-hydrogen) atoms. The highest BCUT2D eigenvalue weighted by atomic mass is 32.2. The Labute approximate surface area is 132 Å². The van der Waals surface area contributed by atoms with Crippen LogP contribution in [0.25, 0.3) is 0 Å². The van der Waals surface area contributed by atoms with Gasteiger partial charge in [0.05, 0.1) is 11.4 Å². The molecule has 0 saturated carbocycles. The van der Waals surface area contributed by atoms with Gasteiger partial charge in [0.15, 0.2) is 0 Å². The van der Waals surface area contributed by atoms with Gasteiger partial charge in [-0.2, -0.15) is 0 Å². The number of amides is 1. The molecular weight excluding hydrogens is 302 g/mol. The van der Waals surface area contributed by atoms with Crippen molar-refractivity contribution in [3.05, 3.63) is 29.8 Å². The Hall–Kier alpha value is -1.44. The second-order valence-electron chi connectivity index (χ2n) is 5.80. The maximum absolute atomic E-state index is 12.1. The van der Waals surface area contributed by atoms with Gasteiger partial charge in [0.25, 0.3) is 0 Å². The largest absolute Gasteiger partial charge is 0.342 e. The molecule has 0 saturated heterocycles. The lowest BCUT2D eigenvalue weighted by Crippen LogP contribution is -2.40. The Morgan fingerprint density at radius 1 is 1.14 bits per heavy atom. The lowest BCUT2D eigenvalue weighted by atomic mass is 10.1. The fraction of sp³-hybridized carbons (Fsp3) is 0.533. The molecule has 0 aliphatic carbocycles. The van der Waals surface area contributed by atoms with Crippen molar-refractivity contribution < 1.29 is 13.2 Å². The third-order valence-corrected chi connectivity index (χ3v) is 4.83. The van der Waals surface area contributed by atoms with E-state index in [1.807, 2.05) is 32.7 Å². The molecule has 124 valence electrons. The van der Waals surface area contributed by atoms with Crippen molar-refractivity contribution in [2.24, 2.45) is 5.14 Å². The number of benzene rings is 1. The molecule has 1 rings (SSSR count). The maximum atomic E-state index is 12.1. The summed E-state index contributed by atoms with van der Waals surface area (Å²) in [6.07, 6.45) is 0. The summed E-state index contributed by atoms with van der Waals surface area (Å²) in [5.41, 5.74) is 0.926. The summed E-state index contributed by atoms with van der Waals surface area (Å²) in [7, 11) is -0.0302. The lowest BCUT2D eigenvalue weighted by Gasteiger charge is -2.28. The van der Waals surface area contributed by atoms with E-state index in [9.17, 15) is 13.2 Å². The van der Waals surface area contributed by atoms with Crippen LogP contribution < -0.4 is 5.14 Å². The van der Waals surface area contributed by atoms with Gasteiger partial charge in [-0.1, -0.05) is 12.1 Å². The van der Waals surface area contributed by atoms with E-state index in [2.05, 4.69) is 0 Å². The van der Waals surface area contributed by atoms with Crippen LogP contribution in [0.1, 0.15) is 32.4 Å². The highest BCUT2D eigenvalue weighted by Gasteiger charge is 2.19. The van der Waals surface area contributed by atoms with E-state index in [0.29, 0.717) is 6.54 Å². The first-order valence-corrected chi connectivity index (χ1v) is 8.67. The summed E-state index contributed by atoms with van der Waals surface area (Å²) in [6, 6.07) is 6.55. The molecule has 1 atom stereocenters. The van der Waals surface area contributed by atoms with Crippen LogP contribution in [0.5, 0.6) is 0 Å². The smallest absolute Gasteiger partial charge is 0.238 e. The molecule has 0 aliphatic rings. The molecule has 1 amide bonds. The second kappa shape index (κ2) is 7.21. The van der Waals surface area contributed by atoms with Crippen LogP contribution in [0.2, 0.25) is 0 Å². The fourth-order valence-corrected chi connectivity index (χ4v) is 2.46. The van der Waals surface area contributed by atoms with Gasteiger partial charge >= 0.3 is 0 Å². The summed E-state index contributed by atoms with van der Waals surface area (Å²) < 4.78 is 22.5. The molecule has 2 N–H and O–H groups in total. The van der Waals surface area contributed by atoms with Crippen LogP contribution in [0.15, 0.2) is 29.2 Å². The molecule has 0 aromatic heterocycles. The molecule has 7 heteroatoms. The Balaban J connectivity index is 2.79. The topological polar surface area (TPSA) is 83.7 Å². The minimum atomic E-state index is -3.68. The van der Waals surface area contributed by atoms with E-state index in [4.69, 9.17) is 5.14 Å². The third-order valence-electron chi connectivity index (χ3n) is 3.90. The maximum Gasteiger partial charge on any atom is 0.238 e. The van der Waals surface area contributed by atoms with Crippen LogP contribution in [0.4, 0.5) is 0 Å². The van der Waals surface area contributed by atoms with Gasteiger partial charge in [0.1, 0.15) is 0 Å². The fourth-order valence-electron chi connectivity index (χ4n) is 1.94. The molecule has 0 bridgehead atoms. The standard InChI is InChI=1S/C15H25N3O3S/c1-11(2)18(5)15(19)10-17(4)12(3)13-6-8-14(9-7-13)22(16,20)21/h6-9,11-12H,10H2,1-5H3,(H2,16,20,21). The minimum absolute atomic E-state index is 0.0148. The SMILES string of the molecule is CC(c1ccc(S(N)(=O)=O)cc1)N(C)CC(=O)N(C)C(C)C. The van der Waals surface area contributed by atoms with Crippen LogP contribution in [0.3, 0.4) is 0 Å². The summed E-state index contributed by atoms with van der Waals surface area (Å²) >= 11 is 0. The van der Waals surface area contributed by atoms with Crippen molar-refractivity contribution in [2.45, 2.75) is 37.8 Å². The number of nitrogens with zero attached hydrogens (tertiary/aromatic N) is 2. The molecule has 0 heterocycles. The number of rotatable bonds is 6. The highest BCUT2D eigenvalue weighted by Crippen LogP contribution is 2.20. The zero-order chi connectivity index (χ0) is 17.1. The van der Waals surface area contributed by atoms with Crippen molar-refractivity contribution >= 4 is 15.9 Å². The van der Waals surface area contributed by atoms with E-state index in [-0.39, 0.29) is 22.9 Å². The van der Waals surface area contributed by atoms with Crippen LogP contribution in [-0.2, 0) is 14.8 Å². The van der Waals surface area contributed by atoms with Gasteiger partial charge in [-0.15, -0.1) is 0 Å². The number of sulfonamides is 1. The molecule has 1 unspecified atom stereocenters. The molecule has 0 radical (unpaired) electrons. The van der Waals surface area contributed by atoms with E-state index >= 15 is 0 Å². The molecule has 0 fully saturated rings. The Kier molecular flexibility index (Phi) is 6.10. The monoisotopic (exact) mass is 327 g/mol. The summed E-state index contributed by atoms with van der Waals surface area (Å²) in [6.45, 7) is 6.20. The van der Waals surface area contributed by atoms with E-state index < -0.39 is 10.0 Å². The van der Waals surface area contributed by atoms with Crippen LogP contribution in [0, 0.1) is 0 Å². The molecule has 0 spiro atoms. The molecule has 6 nitrogen and oxygen atoms in total. The number of likely N-dealkylation sites (N-methyl/N-ethyl adjacent to an activating group) is 2.